The van der Waals surface area contributed by atoms with E-state index in [0.29, 0.717) is 5.82 Å². The predicted molar refractivity (Wildman–Crippen MR) is 90.0 cm³/mol. The van der Waals surface area contributed by atoms with Gasteiger partial charge in [0, 0.05) is 25.5 Å². The van der Waals surface area contributed by atoms with Gasteiger partial charge >= 0.3 is 5.97 Å². The number of rotatable bonds is 6. The summed E-state index contributed by atoms with van der Waals surface area (Å²) in [4.78, 5) is 28.0. The smallest absolute Gasteiger partial charge is 0.331 e. The summed E-state index contributed by atoms with van der Waals surface area (Å²) < 4.78 is 6.78. The van der Waals surface area contributed by atoms with Crippen LogP contribution in [0.4, 0.5) is 0 Å². The lowest BCUT2D eigenvalue weighted by atomic mass is 10.1. The maximum atomic E-state index is 12.2. The van der Waals surface area contributed by atoms with Gasteiger partial charge in [-0.3, -0.25) is 4.79 Å². The van der Waals surface area contributed by atoms with Gasteiger partial charge in [0.05, 0.1) is 0 Å². The Bertz CT molecular complexity index is 731. The molecule has 6 heteroatoms. The van der Waals surface area contributed by atoms with Crippen LogP contribution >= 0.6 is 0 Å². The number of amides is 1. The highest BCUT2D eigenvalue weighted by Gasteiger charge is 2.20. The molecule has 2 rings (SSSR count). The lowest BCUT2D eigenvalue weighted by molar-refractivity contribution is -0.144. The lowest BCUT2D eigenvalue weighted by Crippen LogP contribution is -2.34. The molecule has 0 fully saturated rings. The van der Waals surface area contributed by atoms with E-state index < -0.39 is 12.0 Å². The fourth-order valence-corrected chi connectivity index (χ4v) is 2.21. The largest absolute Gasteiger partial charge is 0.452 e. The van der Waals surface area contributed by atoms with Crippen molar-refractivity contribution in [3.8, 4) is 0 Å². The molecule has 1 N–H and O–H groups in total. The summed E-state index contributed by atoms with van der Waals surface area (Å²) in [5.74, 6) is -0.217. The summed E-state index contributed by atoms with van der Waals surface area (Å²) in [5, 5.41) is 2.87. The van der Waals surface area contributed by atoms with Crippen LogP contribution < -0.4 is 5.32 Å². The van der Waals surface area contributed by atoms with Crippen LogP contribution in [0, 0.1) is 0 Å². The van der Waals surface area contributed by atoms with Gasteiger partial charge in [0.2, 0.25) is 0 Å². The van der Waals surface area contributed by atoms with Crippen LogP contribution in [-0.2, 0) is 21.4 Å². The summed E-state index contributed by atoms with van der Waals surface area (Å²) in [6.45, 7) is 3.23. The van der Waals surface area contributed by atoms with Gasteiger partial charge in [0.15, 0.2) is 6.61 Å². The number of carbonyl (C=O) groups is 2. The normalized spacial score (nSPS) is 11.5. The fourth-order valence-electron chi connectivity index (χ4n) is 2.21. The number of imidazole rings is 1. The number of nitrogens with one attached hydrogen (secondary N) is 1. The number of ether oxygens (including phenoxy) is 1. The quantitative estimate of drug-likeness (QED) is 0.652. The number of hydrogen-bond donors (Lipinski definition) is 1. The number of hydrogen-bond acceptors (Lipinski definition) is 4. The molecule has 1 atom stereocenters. The Kier molecular flexibility index (Phi) is 5.89. The molecule has 2 aromatic rings. The van der Waals surface area contributed by atoms with E-state index in [4.69, 9.17) is 4.74 Å². The Labute approximate surface area is 141 Å². The second-order valence-corrected chi connectivity index (χ2v) is 5.64. The number of aromatic nitrogens is 2. The Balaban J connectivity index is 2.09. The number of aryl methyl sites for hydroxylation is 1. The highest BCUT2D eigenvalue weighted by Crippen LogP contribution is 2.19. The highest BCUT2D eigenvalue weighted by atomic mass is 16.5. The van der Waals surface area contributed by atoms with E-state index in [1.165, 1.54) is 6.08 Å². The summed E-state index contributed by atoms with van der Waals surface area (Å²) in [5.41, 5.74) is 1.71. The SMILES string of the molecule is CC(C)=CC(=O)OCC(=O)NC(c1ccccc1)c1nccn1C. The molecule has 0 aliphatic rings. The highest BCUT2D eigenvalue weighted by molar-refractivity contribution is 5.86. The van der Waals surface area contributed by atoms with Crippen LogP contribution in [0.3, 0.4) is 0 Å². The van der Waals surface area contributed by atoms with Gasteiger partial charge in [0.1, 0.15) is 11.9 Å². The molecular formula is C18H21N3O3. The number of carbonyl (C=O) groups excluding carboxylic acids is 2. The first kappa shape index (κ1) is 17.5. The van der Waals surface area contributed by atoms with Crippen molar-refractivity contribution in [1.82, 2.24) is 14.9 Å². The molecule has 1 amide bonds. The number of nitrogens with zero attached hydrogens (tertiary/aromatic N) is 2. The third-order valence-electron chi connectivity index (χ3n) is 3.31. The van der Waals surface area contributed by atoms with Gasteiger partial charge in [-0.05, 0) is 19.4 Å². The van der Waals surface area contributed by atoms with E-state index in [2.05, 4.69) is 10.3 Å². The Hall–Kier alpha value is -2.89. The molecule has 0 saturated heterocycles. The van der Waals surface area contributed by atoms with Gasteiger partial charge in [0.25, 0.3) is 5.91 Å². The van der Waals surface area contributed by atoms with Crippen molar-refractivity contribution >= 4 is 11.9 Å². The van der Waals surface area contributed by atoms with E-state index in [1.807, 2.05) is 48.1 Å². The average molecular weight is 327 g/mol. The zero-order valence-corrected chi connectivity index (χ0v) is 14.0. The molecule has 1 aromatic carbocycles. The molecule has 0 spiro atoms. The third-order valence-corrected chi connectivity index (χ3v) is 3.31. The summed E-state index contributed by atoms with van der Waals surface area (Å²) in [6.07, 6.45) is 4.83. The number of allylic oxidation sites excluding steroid dienone is 1. The number of benzene rings is 1. The van der Waals surface area contributed by atoms with Crippen LogP contribution in [-0.4, -0.2) is 28.0 Å². The third kappa shape index (κ3) is 4.81. The molecule has 0 aliphatic heterocycles. The first-order valence-electron chi connectivity index (χ1n) is 7.60. The second kappa shape index (κ2) is 8.10. The summed E-state index contributed by atoms with van der Waals surface area (Å²) in [7, 11) is 1.86. The minimum absolute atomic E-state index is 0.337. The zero-order valence-electron chi connectivity index (χ0n) is 14.0. The molecule has 126 valence electrons. The minimum Gasteiger partial charge on any atom is -0.452 e. The molecule has 24 heavy (non-hydrogen) atoms. The topological polar surface area (TPSA) is 73.2 Å². The summed E-state index contributed by atoms with van der Waals surface area (Å²) >= 11 is 0. The minimum atomic E-state index is -0.529. The Morgan fingerprint density at radius 1 is 1.29 bits per heavy atom. The monoisotopic (exact) mass is 327 g/mol. The van der Waals surface area contributed by atoms with Crippen LogP contribution in [0.15, 0.2) is 54.4 Å². The van der Waals surface area contributed by atoms with Gasteiger partial charge in [-0.25, -0.2) is 9.78 Å². The molecule has 1 heterocycles. The molecule has 0 aliphatic carbocycles. The molecule has 1 unspecified atom stereocenters. The van der Waals surface area contributed by atoms with Gasteiger partial charge < -0.3 is 14.6 Å². The van der Waals surface area contributed by atoms with Gasteiger partial charge in [-0.15, -0.1) is 0 Å². The van der Waals surface area contributed by atoms with Gasteiger partial charge in [-0.2, -0.15) is 0 Å². The van der Waals surface area contributed by atoms with Crippen LogP contribution in [0.25, 0.3) is 0 Å². The summed E-state index contributed by atoms with van der Waals surface area (Å²) in [6, 6.07) is 9.10. The first-order chi connectivity index (χ1) is 11.5. The van der Waals surface area contributed by atoms with E-state index in [9.17, 15) is 9.59 Å². The van der Waals surface area contributed by atoms with Crippen molar-refractivity contribution in [2.45, 2.75) is 19.9 Å². The Morgan fingerprint density at radius 2 is 2.00 bits per heavy atom. The average Bonchev–Trinajstić information content (AvgIpc) is 2.97. The van der Waals surface area contributed by atoms with E-state index in [1.54, 1.807) is 20.0 Å². The predicted octanol–water partition coefficient (Wildman–Crippen LogP) is 2.14. The van der Waals surface area contributed by atoms with Crippen molar-refractivity contribution in [2.24, 2.45) is 7.05 Å². The van der Waals surface area contributed by atoms with Crippen LogP contribution in [0.1, 0.15) is 31.3 Å². The van der Waals surface area contributed by atoms with Crippen LogP contribution in [0.2, 0.25) is 0 Å². The number of esters is 1. The van der Waals surface area contributed by atoms with E-state index in [0.717, 1.165) is 11.1 Å². The lowest BCUT2D eigenvalue weighted by Gasteiger charge is -2.19. The van der Waals surface area contributed by atoms with Gasteiger partial charge in [-0.1, -0.05) is 35.9 Å². The maximum Gasteiger partial charge on any atom is 0.331 e. The molecular weight excluding hydrogens is 306 g/mol. The second-order valence-electron chi connectivity index (χ2n) is 5.64. The zero-order chi connectivity index (χ0) is 17.5. The van der Waals surface area contributed by atoms with Crippen molar-refractivity contribution in [1.29, 1.82) is 0 Å². The van der Waals surface area contributed by atoms with E-state index in [-0.39, 0.29) is 12.5 Å². The standard InChI is InChI=1S/C18H21N3O3/c1-13(2)11-16(23)24-12-15(22)20-17(14-7-5-4-6-8-14)18-19-9-10-21(18)3/h4-11,17H,12H2,1-3H3,(H,20,22). The van der Waals surface area contributed by atoms with E-state index >= 15 is 0 Å². The Morgan fingerprint density at radius 3 is 2.58 bits per heavy atom. The van der Waals surface area contributed by atoms with Crippen molar-refractivity contribution in [2.75, 3.05) is 6.61 Å². The molecule has 1 aromatic heterocycles. The van der Waals surface area contributed by atoms with Crippen molar-refractivity contribution in [3.05, 3.63) is 65.8 Å². The van der Waals surface area contributed by atoms with Crippen molar-refractivity contribution in [3.63, 3.8) is 0 Å². The van der Waals surface area contributed by atoms with Crippen molar-refractivity contribution < 1.29 is 14.3 Å². The first-order valence-corrected chi connectivity index (χ1v) is 7.60. The fraction of sp³-hybridized carbons (Fsp3) is 0.278. The molecule has 0 bridgehead atoms. The molecule has 0 saturated carbocycles. The van der Waals surface area contributed by atoms with Crippen LogP contribution in [0.5, 0.6) is 0 Å². The molecule has 0 radical (unpaired) electrons. The maximum absolute atomic E-state index is 12.2. The molecule has 6 nitrogen and oxygen atoms in total.